The molecule has 1 aliphatic rings. The van der Waals surface area contributed by atoms with Crippen molar-refractivity contribution in [2.45, 2.75) is 12.8 Å². The summed E-state index contributed by atoms with van der Waals surface area (Å²) in [5, 5.41) is 3.27. The summed E-state index contributed by atoms with van der Waals surface area (Å²) in [5.74, 6) is 0.181. The molecule has 0 aromatic heterocycles. The van der Waals surface area contributed by atoms with Gasteiger partial charge in [0.2, 0.25) is 5.91 Å². The normalized spacial score (nSPS) is 18.8. The predicted molar refractivity (Wildman–Crippen MR) is 71.4 cm³/mol. The van der Waals surface area contributed by atoms with E-state index in [0.29, 0.717) is 17.2 Å². The molecular weight excluding hydrogens is 230 g/mol. The molecule has 1 aromatic carbocycles. The van der Waals surface area contributed by atoms with Crippen LogP contribution in [-0.4, -0.2) is 25.7 Å². The molecule has 1 unspecified atom stereocenters. The molecule has 98 valence electrons. The van der Waals surface area contributed by atoms with E-state index in [4.69, 9.17) is 16.2 Å². The third-order valence-electron chi connectivity index (χ3n) is 3.23. The van der Waals surface area contributed by atoms with Crippen LogP contribution in [0.5, 0.6) is 0 Å². The number of hydrogen-bond acceptors (Lipinski definition) is 4. The molecule has 1 saturated heterocycles. The maximum Gasteiger partial charge on any atom is 0.248 e. The highest BCUT2D eigenvalue weighted by molar-refractivity contribution is 5.94. The first kappa shape index (κ1) is 12.7. The summed E-state index contributed by atoms with van der Waals surface area (Å²) in [7, 11) is 0. The Morgan fingerprint density at radius 1 is 1.50 bits per heavy atom. The lowest BCUT2D eigenvalue weighted by atomic mass is 10.1. The van der Waals surface area contributed by atoms with Crippen molar-refractivity contribution in [2.75, 3.05) is 30.8 Å². The van der Waals surface area contributed by atoms with Crippen molar-refractivity contribution in [3.05, 3.63) is 23.8 Å². The molecule has 0 saturated carbocycles. The van der Waals surface area contributed by atoms with E-state index in [1.165, 1.54) is 0 Å². The lowest BCUT2D eigenvalue weighted by Crippen LogP contribution is -2.13. The van der Waals surface area contributed by atoms with Gasteiger partial charge in [-0.3, -0.25) is 4.79 Å². The van der Waals surface area contributed by atoms with Crippen LogP contribution >= 0.6 is 0 Å². The second-order valence-electron chi connectivity index (χ2n) is 4.61. The Kier molecular flexibility index (Phi) is 4.04. The van der Waals surface area contributed by atoms with Crippen LogP contribution in [0.3, 0.4) is 0 Å². The van der Waals surface area contributed by atoms with E-state index in [0.717, 1.165) is 38.3 Å². The number of benzene rings is 1. The summed E-state index contributed by atoms with van der Waals surface area (Å²) in [6, 6.07) is 5.07. The van der Waals surface area contributed by atoms with Gasteiger partial charge >= 0.3 is 0 Å². The fourth-order valence-corrected chi connectivity index (χ4v) is 2.10. The Morgan fingerprint density at radius 3 is 2.94 bits per heavy atom. The average molecular weight is 249 g/mol. The first-order chi connectivity index (χ1) is 8.66. The number of nitrogens with two attached hydrogens (primary N) is 2. The SMILES string of the molecule is NC(=O)c1ccc(NCCC2CCOC2)c(N)c1. The van der Waals surface area contributed by atoms with Gasteiger partial charge in [-0.2, -0.15) is 0 Å². The lowest BCUT2D eigenvalue weighted by Gasteiger charge is -2.12. The van der Waals surface area contributed by atoms with Crippen LogP contribution in [0.25, 0.3) is 0 Å². The first-order valence-corrected chi connectivity index (χ1v) is 6.18. The van der Waals surface area contributed by atoms with Crippen molar-refractivity contribution < 1.29 is 9.53 Å². The number of rotatable bonds is 5. The van der Waals surface area contributed by atoms with Gasteiger partial charge in [-0.25, -0.2) is 0 Å². The highest BCUT2D eigenvalue weighted by Crippen LogP contribution is 2.21. The number of nitrogens with one attached hydrogen (secondary N) is 1. The predicted octanol–water partition coefficient (Wildman–Crippen LogP) is 1.21. The molecule has 1 aromatic rings. The number of primary amides is 1. The fourth-order valence-electron chi connectivity index (χ4n) is 2.10. The van der Waals surface area contributed by atoms with Crippen molar-refractivity contribution in [3.8, 4) is 0 Å². The highest BCUT2D eigenvalue weighted by atomic mass is 16.5. The van der Waals surface area contributed by atoms with E-state index < -0.39 is 5.91 Å². The third kappa shape index (κ3) is 3.13. The zero-order valence-electron chi connectivity index (χ0n) is 10.3. The molecule has 1 atom stereocenters. The molecule has 5 N–H and O–H groups in total. The van der Waals surface area contributed by atoms with Crippen LogP contribution in [0.4, 0.5) is 11.4 Å². The third-order valence-corrected chi connectivity index (χ3v) is 3.23. The number of ether oxygens (including phenoxy) is 1. The van der Waals surface area contributed by atoms with Crippen LogP contribution < -0.4 is 16.8 Å². The maximum atomic E-state index is 11.0. The van der Waals surface area contributed by atoms with E-state index in [1.54, 1.807) is 18.2 Å². The van der Waals surface area contributed by atoms with Gasteiger partial charge in [0.05, 0.1) is 11.4 Å². The van der Waals surface area contributed by atoms with Gasteiger partial charge in [0.1, 0.15) is 0 Å². The minimum absolute atomic E-state index is 0.433. The zero-order valence-corrected chi connectivity index (χ0v) is 10.3. The van der Waals surface area contributed by atoms with Gasteiger partial charge < -0.3 is 21.5 Å². The average Bonchev–Trinajstić information content (AvgIpc) is 2.84. The van der Waals surface area contributed by atoms with Gasteiger partial charge in [0.15, 0.2) is 0 Å². The summed E-state index contributed by atoms with van der Waals surface area (Å²) in [6.07, 6.45) is 2.20. The van der Waals surface area contributed by atoms with Gasteiger partial charge in [-0.05, 0) is 37.0 Å². The number of anilines is 2. The molecule has 1 fully saturated rings. The molecule has 1 heterocycles. The largest absolute Gasteiger partial charge is 0.397 e. The van der Waals surface area contributed by atoms with Crippen molar-refractivity contribution in [3.63, 3.8) is 0 Å². The standard InChI is InChI=1S/C13H19N3O2/c14-11-7-10(13(15)17)1-2-12(11)16-5-3-9-4-6-18-8-9/h1-2,7,9,16H,3-6,8,14H2,(H2,15,17). The van der Waals surface area contributed by atoms with Crippen molar-refractivity contribution >= 4 is 17.3 Å². The molecular formula is C13H19N3O2. The topological polar surface area (TPSA) is 90.4 Å². The Morgan fingerprint density at radius 2 is 2.33 bits per heavy atom. The summed E-state index contributed by atoms with van der Waals surface area (Å²) in [5.41, 5.74) is 12.9. The van der Waals surface area contributed by atoms with Gasteiger partial charge in [0.25, 0.3) is 0 Å². The van der Waals surface area contributed by atoms with E-state index in [9.17, 15) is 4.79 Å². The monoisotopic (exact) mass is 249 g/mol. The van der Waals surface area contributed by atoms with E-state index in [2.05, 4.69) is 5.32 Å². The van der Waals surface area contributed by atoms with Gasteiger partial charge in [-0.15, -0.1) is 0 Å². The number of amides is 1. The zero-order chi connectivity index (χ0) is 13.0. The first-order valence-electron chi connectivity index (χ1n) is 6.18. The molecule has 1 amide bonds. The van der Waals surface area contributed by atoms with Gasteiger partial charge in [-0.1, -0.05) is 0 Å². The second-order valence-corrected chi connectivity index (χ2v) is 4.61. The van der Waals surface area contributed by atoms with E-state index in [-0.39, 0.29) is 0 Å². The van der Waals surface area contributed by atoms with Crippen LogP contribution in [0.15, 0.2) is 18.2 Å². The van der Waals surface area contributed by atoms with Crippen LogP contribution in [-0.2, 0) is 4.74 Å². The van der Waals surface area contributed by atoms with Crippen LogP contribution in [0.1, 0.15) is 23.2 Å². The number of nitrogen functional groups attached to an aromatic ring is 1. The molecule has 0 bridgehead atoms. The minimum atomic E-state index is -0.462. The summed E-state index contributed by atoms with van der Waals surface area (Å²) in [6.45, 7) is 2.59. The van der Waals surface area contributed by atoms with Gasteiger partial charge in [0, 0.05) is 25.3 Å². The quantitative estimate of drug-likeness (QED) is 0.684. The molecule has 0 radical (unpaired) electrons. The summed E-state index contributed by atoms with van der Waals surface area (Å²) in [4.78, 5) is 11.0. The molecule has 2 rings (SSSR count). The van der Waals surface area contributed by atoms with E-state index >= 15 is 0 Å². The molecule has 18 heavy (non-hydrogen) atoms. The van der Waals surface area contributed by atoms with Crippen LogP contribution in [0.2, 0.25) is 0 Å². The molecule has 5 nitrogen and oxygen atoms in total. The Hall–Kier alpha value is -1.75. The number of hydrogen-bond donors (Lipinski definition) is 3. The Labute approximate surface area is 106 Å². The number of carbonyl (C=O) groups excluding carboxylic acids is 1. The fraction of sp³-hybridized carbons (Fsp3) is 0.462. The Bertz CT molecular complexity index is 428. The summed E-state index contributed by atoms with van der Waals surface area (Å²) < 4.78 is 5.32. The smallest absolute Gasteiger partial charge is 0.248 e. The molecule has 1 aliphatic heterocycles. The molecule has 0 spiro atoms. The highest BCUT2D eigenvalue weighted by Gasteiger charge is 2.14. The van der Waals surface area contributed by atoms with Crippen molar-refractivity contribution in [2.24, 2.45) is 11.7 Å². The summed E-state index contributed by atoms with van der Waals surface area (Å²) >= 11 is 0. The Balaban J connectivity index is 1.87. The van der Waals surface area contributed by atoms with E-state index in [1.807, 2.05) is 0 Å². The minimum Gasteiger partial charge on any atom is -0.397 e. The van der Waals surface area contributed by atoms with Crippen molar-refractivity contribution in [1.82, 2.24) is 0 Å². The number of carbonyl (C=O) groups is 1. The molecule has 0 aliphatic carbocycles. The maximum absolute atomic E-state index is 11.0. The second kappa shape index (κ2) is 5.73. The van der Waals surface area contributed by atoms with Crippen molar-refractivity contribution in [1.29, 1.82) is 0 Å². The molecule has 5 heteroatoms. The van der Waals surface area contributed by atoms with Crippen LogP contribution in [0, 0.1) is 5.92 Å². The lowest BCUT2D eigenvalue weighted by molar-refractivity contribution is 0.100.